The number of hydrogen-bond donors (Lipinski definition) is 0. The van der Waals surface area contributed by atoms with Gasteiger partial charge in [0.1, 0.15) is 0 Å². The van der Waals surface area contributed by atoms with Crippen LogP contribution < -0.4 is 0 Å². The molecule has 2 atom stereocenters. The number of rotatable bonds is 3. The second kappa shape index (κ2) is 7.06. The normalized spacial score (nSPS) is 23.8. The number of benzene rings is 1. The fourth-order valence-corrected chi connectivity index (χ4v) is 3.96. The molecule has 4 nitrogen and oxygen atoms in total. The molecule has 0 radical (unpaired) electrons. The molecule has 1 aromatic carbocycles. The minimum absolute atomic E-state index is 0.0131. The Balaban J connectivity index is 1.60. The molecule has 1 heterocycles. The summed E-state index contributed by atoms with van der Waals surface area (Å²) in [4.78, 5) is 28.8. The largest absolute Gasteiger partial charge is 0.339 e. The van der Waals surface area contributed by atoms with E-state index in [0.717, 1.165) is 12.1 Å². The molecule has 1 aromatic rings. The van der Waals surface area contributed by atoms with Crippen molar-refractivity contribution >= 4 is 11.8 Å². The Bertz CT molecular complexity index is 791. The molecular formula is C21H26F2N2O2. The van der Waals surface area contributed by atoms with Crippen LogP contribution in [0.4, 0.5) is 8.78 Å². The van der Waals surface area contributed by atoms with Gasteiger partial charge >= 0.3 is 0 Å². The van der Waals surface area contributed by atoms with Crippen molar-refractivity contribution in [2.24, 2.45) is 17.3 Å². The van der Waals surface area contributed by atoms with E-state index in [9.17, 15) is 18.4 Å². The highest BCUT2D eigenvalue weighted by molar-refractivity contribution is 5.94. The summed E-state index contributed by atoms with van der Waals surface area (Å²) in [6.07, 6.45) is 2.17. The quantitative estimate of drug-likeness (QED) is 0.758. The third-order valence-electron chi connectivity index (χ3n) is 5.73. The Kier molecular flexibility index (Phi) is 5.10. The van der Waals surface area contributed by atoms with Crippen LogP contribution in [0.25, 0.3) is 0 Å². The first kappa shape index (κ1) is 19.5. The lowest BCUT2D eigenvalue weighted by molar-refractivity contribution is -0.135. The Hall–Kier alpha value is -2.24. The van der Waals surface area contributed by atoms with Crippen LogP contribution in [0.15, 0.2) is 29.8 Å². The highest BCUT2D eigenvalue weighted by Gasteiger charge is 2.61. The highest BCUT2D eigenvalue weighted by atomic mass is 19.2. The summed E-state index contributed by atoms with van der Waals surface area (Å²) < 4.78 is 26.4. The van der Waals surface area contributed by atoms with Crippen LogP contribution in [0.3, 0.4) is 0 Å². The Morgan fingerprint density at radius 2 is 1.63 bits per heavy atom. The van der Waals surface area contributed by atoms with Gasteiger partial charge in [0.25, 0.3) is 5.91 Å². The van der Waals surface area contributed by atoms with E-state index in [0.29, 0.717) is 26.2 Å². The van der Waals surface area contributed by atoms with Gasteiger partial charge in [-0.2, -0.15) is 0 Å². The Morgan fingerprint density at radius 1 is 1.04 bits per heavy atom. The highest BCUT2D eigenvalue weighted by Crippen LogP contribution is 2.60. The van der Waals surface area contributed by atoms with E-state index < -0.39 is 11.6 Å². The monoisotopic (exact) mass is 376 g/mol. The number of amides is 2. The van der Waals surface area contributed by atoms with Crippen LogP contribution in [0, 0.1) is 28.9 Å². The van der Waals surface area contributed by atoms with Crippen LogP contribution in [0.2, 0.25) is 0 Å². The van der Waals surface area contributed by atoms with Crippen molar-refractivity contribution in [2.75, 3.05) is 26.2 Å². The molecular weight excluding hydrogens is 350 g/mol. The molecule has 2 amide bonds. The van der Waals surface area contributed by atoms with E-state index in [2.05, 4.69) is 19.9 Å². The molecule has 146 valence electrons. The first-order chi connectivity index (χ1) is 12.6. The first-order valence-corrected chi connectivity index (χ1v) is 9.31. The molecule has 0 aromatic heterocycles. The summed E-state index contributed by atoms with van der Waals surface area (Å²) in [6.45, 7) is 10.0. The van der Waals surface area contributed by atoms with Crippen molar-refractivity contribution in [3.8, 4) is 0 Å². The van der Waals surface area contributed by atoms with Crippen LogP contribution >= 0.6 is 0 Å². The minimum Gasteiger partial charge on any atom is -0.339 e. The van der Waals surface area contributed by atoms with Gasteiger partial charge in [-0.25, -0.2) is 8.78 Å². The van der Waals surface area contributed by atoms with Crippen LogP contribution in [0.1, 0.15) is 38.1 Å². The van der Waals surface area contributed by atoms with E-state index in [1.54, 1.807) is 4.90 Å². The average Bonchev–Trinajstić information content (AvgIpc) is 3.15. The third kappa shape index (κ3) is 3.75. The molecule has 3 rings (SSSR count). The van der Waals surface area contributed by atoms with E-state index in [1.165, 1.54) is 11.6 Å². The van der Waals surface area contributed by atoms with E-state index in [1.807, 2.05) is 18.7 Å². The van der Waals surface area contributed by atoms with Gasteiger partial charge in [-0.15, -0.1) is 0 Å². The maximum Gasteiger partial charge on any atom is 0.254 e. The summed E-state index contributed by atoms with van der Waals surface area (Å²) in [7, 11) is 0. The summed E-state index contributed by atoms with van der Waals surface area (Å²) >= 11 is 0. The molecule has 0 N–H and O–H groups in total. The molecule has 2 unspecified atom stereocenters. The molecule has 1 saturated heterocycles. The summed E-state index contributed by atoms with van der Waals surface area (Å²) in [5.74, 6) is -1.95. The fraction of sp³-hybridized carbons (Fsp3) is 0.524. The molecule has 2 aliphatic rings. The van der Waals surface area contributed by atoms with Crippen LogP contribution in [0.5, 0.6) is 0 Å². The summed E-state index contributed by atoms with van der Waals surface area (Å²) in [5, 5.41) is 0. The van der Waals surface area contributed by atoms with Gasteiger partial charge in [0.15, 0.2) is 11.6 Å². The van der Waals surface area contributed by atoms with Gasteiger partial charge in [0, 0.05) is 31.7 Å². The van der Waals surface area contributed by atoms with Crippen LogP contribution in [-0.2, 0) is 4.79 Å². The lowest BCUT2D eigenvalue weighted by Crippen LogP contribution is -2.51. The number of halogens is 2. The van der Waals surface area contributed by atoms with Gasteiger partial charge in [-0.3, -0.25) is 9.59 Å². The molecule has 1 aliphatic carbocycles. The van der Waals surface area contributed by atoms with Crippen molar-refractivity contribution in [1.29, 1.82) is 0 Å². The van der Waals surface area contributed by atoms with Crippen molar-refractivity contribution < 1.29 is 18.4 Å². The number of carbonyl (C=O) groups excluding carboxylic acids is 2. The van der Waals surface area contributed by atoms with E-state index in [-0.39, 0.29) is 34.6 Å². The minimum atomic E-state index is -1.03. The van der Waals surface area contributed by atoms with Gasteiger partial charge in [0.2, 0.25) is 5.91 Å². The smallest absolute Gasteiger partial charge is 0.254 e. The van der Waals surface area contributed by atoms with Crippen molar-refractivity contribution in [3.05, 3.63) is 47.0 Å². The zero-order valence-electron chi connectivity index (χ0n) is 16.3. The van der Waals surface area contributed by atoms with E-state index >= 15 is 0 Å². The van der Waals surface area contributed by atoms with Gasteiger partial charge in [0.05, 0.1) is 5.92 Å². The number of piperazine rings is 1. The van der Waals surface area contributed by atoms with Gasteiger partial charge in [-0.1, -0.05) is 25.5 Å². The zero-order chi connectivity index (χ0) is 19.9. The second-order valence-electron chi connectivity index (χ2n) is 8.32. The summed E-state index contributed by atoms with van der Waals surface area (Å²) in [6, 6.07) is 3.17. The maximum absolute atomic E-state index is 13.4. The van der Waals surface area contributed by atoms with E-state index in [4.69, 9.17) is 0 Å². The summed E-state index contributed by atoms with van der Waals surface area (Å²) in [5.41, 5.74) is 1.30. The van der Waals surface area contributed by atoms with Crippen LogP contribution in [-0.4, -0.2) is 47.8 Å². The fourth-order valence-electron chi connectivity index (χ4n) is 3.96. The van der Waals surface area contributed by atoms with Crippen molar-refractivity contribution in [1.82, 2.24) is 9.80 Å². The molecule has 2 fully saturated rings. The second-order valence-corrected chi connectivity index (χ2v) is 8.32. The van der Waals surface area contributed by atoms with Gasteiger partial charge < -0.3 is 9.80 Å². The molecule has 1 aliphatic heterocycles. The standard InChI is InChI=1S/C21H26F2N2O2/c1-13(2)11-15-18(21(15,3)4)20(27)25-9-7-24(8-10-25)19(26)14-5-6-16(22)17(23)12-14/h5-6,11-12,15,18H,7-10H2,1-4H3. The number of hydrogen-bond acceptors (Lipinski definition) is 2. The Labute approximate surface area is 158 Å². The van der Waals surface area contributed by atoms with Gasteiger partial charge in [-0.05, 0) is 43.4 Å². The van der Waals surface area contributed by atoms with Crippen molar-refractivity contribution in [2.45, 2.75) is 27.7 Å². The lowest BCUT2D eigenvalue weighted by Gasteiger charge is -2.35. The molecule has 0 bridgehead atoms. The third-order valence-corrected chi connectivity index (χ3v) is 5.73. The predicted octanol–water partition coefficient (Wildman–Crippen LogP) is 3.49. The number of carbonyl (C=O) groups is 2. The molecule has 27 heavy (non-hydrogen) atoms. The Morgan fingerprint density at radius 3 is 2.19 bits per heavy atom. The molecule has 0 spiro atoms. The van der Waals surface area contributed by atoms with Crippen molar-refractivity contribution in [3.63, 3.8) is 0 Å². The lowest BCUT2D eigenvalue weighted by atomic mass is 10.1. The number of nitrogens with zero attached hydrogens (tertiary/aromatic N) is 2. The first-order valence-electron chi connectivity index (χ1n) is 9.31. The average molecular weight is 376 g/mol. The topological polar surface area (TPSA) is 40.6 Å². The maximum atomic E-state index is 13.4. The predicted molar refractivity (Wildman–Crippen MR) is 99.0 cm³/mol. The SMILES string of the molecule is CC(C)=CC1C(C(=O)N2CCN(C(=O)c3ccc(F)c(F)c3)CC2)C1(C)C. The molecule has 6 heteroatoms. The molecule has 1 saturated carbocycles. The number of allylic oxidation sites excluding steroid dienone is 2. The zero-order valence-corrected chi connectivity index (χ0v) is 16.3.